The Labute approximate surface area is 124 Å². The van der Waals surface area contributed by atoms with E-state index in [0.29, 0.717) is 22.6 Å². The van der Waals surface area contributed by atoms with E-state index >= 15 is 0 Å². The van der Waals surface area contributed by atoms with E-state index in [1.807, 2.05) is 30.3 Å². The lowest BCUT2D eigenvalue weighted by molar-refractivity contribution is 0.478. The Hall–Kier alpha value is -1.18. The van der Waals surface area contributed by atoms with Crippen molar-refractivity contribution in [3.63, 3.8) is 0 Å². The minimum atomic E-state index is 0.332. The summed E-state index contributed by atoms with van der Waals surface area (Å²) < 4.78 is 5.85. The molecular formula is C16H16Cl2O. The fourth-order valence-corrected chi connectivity index (χ4v) is 2.39. The molecule has 0 aromatic heterocycles. The first kappa shape index (κ1) is 14.2. The Morgan fingerprint density at radius 3 is 2.32 bits per heavy atom. The van der Waals surface area contributed by atoms with E-state index < -0.39 is 0 Å². The van der Waals surface area contributed by atoms with Crippen LogP contribution < -0.4 is 4.74 Å². The fraction of sp³-hybridized carbons (Fsp3) is 0.250. The monoisotopic (exact) mass is 294 g/mol. The second kappa shape index (κ2) is 6.31. The van der Waals surface area contributed by atoms with Crippen molar-refractivity contribution in [1.29, 1.82) is 0 Å². The van der Waals surface area contributed by atoms with Gasteiger partial charge >= 0.3 is 0 Å². The first-order valence-electron chi connectivity index (χ1n) is 6.23. The second-order valence-electron chi connectivity index (χ2n) is 4.68. The van der Waals surface area contributed by atoms with Crippen molar-refractivity contribution in [2.45, 2.75) is 25.6 Å². The van der Waals surface area contributed by atoms with Crippen molar-refractivity contribution >= 4 is 23.2 Å². The van der Waals surface area contributed by atoms with Crippen LogP contribution >= 0.6 is 23.2 Å². The predicted molar refractivity (Wildman–Crippen MR) is 81.6 cm³/mol. The summed E-state index contributed by atoms with van der Waals surface area (Å²) in [5, 5.41) is 0.631. The molecule has 0 aliphatic heterocycles. The Bertz CT molecular complexity index is 547. The van der Waals surface area contributed by atoms with E-state index in [1.165, 1.54) is 5.56 Å². The molecule has 0 unspecified atom stereocenters. The molecule has 0 aliphatic carbocycles. The minimum absolute atomic E-state index is 0.332. The number of halogens is 2. The second-order valence-corrected chi connectivity index (χ2v) is 5.35. The quantitative estimate of drug-likeness (QED) is 0.629. The first-order valence-corrected chi connectivity index (χ1v) is 7.14. The molecule has 0 amide bonds. The third-order valence-electron chi connectivity index (χ3n) is 2.98. The molecule has 0 saturated carbocycles. The van der Waals surface area contributed by atoms with E-state index in [2.05, 4.69) is 26.0 Å². The molecule has 0 saturated heterocycles. The van der Waals surface area contributed by atoms with Gasteiger partial charge < -0.3 is 4.74 Å². The van der Waals surface area contributed by atoms with Crippen LogP contribution in [-0.4, -0.2) is 0 Å². The normalized spacial score (nSPS) is 10.8. The van der Waals surface area contributed by atoms with Gasteiger partial charge in [0.25, 0.3) is 0 Å². The first-order chi connectivity index (χ1) is 9.11. The van der Waals surface area contributed by atoms with Crippen LogP contribution in [0.3, 0.4) is 0 Å². The molecule has 100 valence electrons. The standard InChI is InChI=1S/C16H16Cl2O/c1-11(2)12-6-8-13(9-7-12)19-16-5-3-4-15(18)14(16)10-17/h3-9,11H,10H2,1-2H3. The van der Waals surface area contributed by atoms with Gasteiger partial charge in [-0.25, -0.2) is 0 Å². The number of alkyl halides is 1. The number of rotatable bonds is 4. The van der Waals surface area contributed by atoms with Crippen LogP contribution in [0.1, 0.15) is 30.9 Å². The number of hydrogen-bond donors (Lipinski definition) is 0. The van der Waals surface area contributed by atoms with Gasteiger partial charge in [0.2, 0.25) is 0 Å². The molecule has 1 nitrogen and oxygen atoms in total. The summed E-state index contributed by atoms with van der Waals surface area (Å²) in [5.41, 5.74) is 2.11. The van der Waals surface area contributed by atoms with Crippen LogP contribution in [0, 0.1) is 0 Å². The van der Waals surface area contributed by atoms with Crippen LogP contribution in [-0.2, 0) is 5.88 Å². The average Bonchev–Trinajstić information content (AvgIpc) is 2.39. The van der Waals surface area contributed by atoms with Gasteiger partial charge in [-0.3, -0.25) is 0 Å². The van der Waals surface area contributed by atoms with Crippen LogP contribution in [0.25, 0.3) is 0 Å². The van der Waals surface area contributed by atoms with E-state index in [4.69, 9.17) is 27.9 Å². The summed E-state index contributed by atoms with van der Waals surface area (Å²) in [5.74, 6) is 2.34. The van der Waals surface area contributed by atoms with E-state index in [1.54, 1.807) is 0 Å². The van der Waals surface area contributed by atoms with Crippen molar-refractivity contribution in [1.82, 2.24) is 0 Å². The number of hydrogen-bond acceptors (Lipinski definition) is 1. The molecule has 0 spiro atoms. The molecule has 0 bridgehead atoms. The van der Waals surface area contributed by atoms with E-state index in [0.717, 1.165) is 11.3 Å². The van der Waals surface area contributed by atoms with E-state index in [-0.39, 0.29) is 0 Å². The molecule has 3 heteroatoms. The molecule has 0 radical (unpaired) electrons. The van der Waals surface area contributed by atoms with Gasteiger partial charge in [0, 0.05) is 10.6 Å². The summed E-state index contributed by atoms with van der Waals surface area (Å²) in [4.78, 5) is 0. The number of benzene rings is 2. The van der Waals surface area contributed by atoms with Crippen LogP contribution in [0.2, 0.25) is 5.02 Å². The summed E-state index contributed by atoms with van der Waals surface area (Å²) in [6, 6.07) is 13.6. The number of ether oxygens (including phenoxy) is 1. The summed E-state index contributed by atoms with van der Waals surface area (Å²) in [6.07, 6.45) is 0. The Balaban J connectivity index is 2.24. The highest BCUT2D eigenvalue weighted by Crippen LogP contribution is 2.32. The lowest BCUT2D eigenvalue weighted by atomic mass is 10.0. The maximum atomic E-state index is 6.10. The highest BCUT2D eigenvalue weighted by Gasteiger charge is 2.08. The topological polar surface area (TPSA) is 9.23 Å². The van der Waals surface area contributed by atoms with Crippen molar-refractivity contribution in [3.8, 4) is 11.5 Å². The molecule has 0 fully saturated rings. The van der Waals surface area contributed by atoms with Gasteiger partial charge in [0.05, 0.1) is 5.88 Å². The molecule has 0 aliphatic rings. The van der Waals surface area contributed by atoms with Crippen LogP contribution in [0.4, 0.5) is 0 Å². The van der Waals surface area contributed by atoms with Gasteiger partial charge in [0.15, 0.2) is 0 Å². The van der Waals surface area contributed by atoms with E-state index in [9.17, 15) is 0 Å². The molecule has 0 atom stereocenters. The predicted octanol–water partition coefficient (Wildman–Crippen LogP) is 5.99. The van der Waals surface area contributed by atoms with Gasteiger partial charge in [-0.15, -0.1) is 11.6 Å². The van der Waals surface area contributed by atoms with Crippen LogP contribution in [0.15, 0.2) is 42.5 Å². The maximum Gasteiger partial charge on any atom is 0.133 e. The summed E-state index contributed by atoms with van der Waals surface area (Å²) >= 11 is 12.0. The highest BCUT2D eigenvalue weighted by molar-refractivity contribution is 6.32. The fourth-order valence-electron chi connectivity index (χ4n) is 1.81. The van der Waals surface area contributed by atoms with Crippen molar-refractivity contribution < 1.29 is 4.74 Å². The summed E-state index contributed by atoms with van der Waals surface area (Å²) in [6.45, 7) is 4.33. The van der Waals surface area contributed by atoms with Gasteiger partial charge in [-0.2, -0.15) is 0 Å². The molecular weight excluding hydrogens is 279 g/mol. The van der Waals surface area contributed by atoms with Gasteiger partial charge in [-0.1, -0.05) is 43.6 Å². The summed E-state index contributed by atoms with van der Waals surface area (Å²) in [7, 11) is 0. The van der Waals surface area contributed by atoms with Crippen molar-refractivity contribution in [3.05, 3.63) is 58.6 Å². The largest absolute Gasteiger partial charge is 0.457 e. The lowest BCUT2D eigenvalue weighted by Crippen LogP contribution is -1.92. The molecule has 19 heavy (non-hydrogen) atoms. The third-order valence-corrected chi connectivity index (χ3v) is 3.61. The Morgan fingerprint density at radius 1 is 1.05 bits per heavy atom. The Kier molecular flexibility index (Phi) is 4.73. The zero-order valence-electron chi connectivity index (χ0n) is 11.0. The molecule has 2 rings (SSSR count). The SMILES string of the molecule is CC(C)c1ccc(Oc2cccc(Cl)c2CCl)cc1. The van der Waals surface area contributed by atoms with Gasteiger partial charge in [0.1, 0.15) is 11.5 Å². The lowest BCUT2D eigenvalue weighted by Gasteiger charge is -2.12. The van der Waals surface area contributed by atoms with Gasteiger partial charge in [-0.05, 0) is 35.7 Å². The van der Waals surface area contributed by atoms with Crippen molar-refractivity contribution in [2.75, 3.05) is 0 Å². The average molecular weight is 295 g/mol. The van der Waals surface area contributed by atoms with Crippen LogP contribution in [0.5, 0.6) is 11.5 Å². The zero-order chi connectivity index (χ0) is 13.8. The third kappa shape index (κ3) is 3.43. The molecule has 0 heterocycles. The van der Waals surface area contributed by atoms with Crippen molar-refractivity contribution in [2.24, 2.45) is 0 Å². The maximum absolute atomic E-state index is 6.10. The minimum Gasteiger partial charge on any atom is -0.457 e. The molecule has 2 aromatic carbocycles. The zero-order valence-corrected chi connectivity index (χ0v) is 12.5. The highest BCUT2D eigenvalue weighted by atomic mass is 35.5. The Morgan fingerprint density at radius 2 is 1.74 bits per heavy atom. The molecule has 0 N–H and O–H groups in total. The smallest absolute Gasteiger partial charge is 0.133 e. The molecule has 2 aromatic rings.